The summed E-state index contributed by atoms with van der Waals surface area (Å²) in [4.78, 5) is 0. The second-order valence-electron chi connectivity index (χ2n) is 5.74. The molecule has 1 N–H and O–H groups in total. The topological polar surface area (TPSA) is 21.3 Å². The summed E-state index contributed by atoms with van der Waals surface area (Å²) in [6, 6.07) is 15.5. The Kier molecular flexibility index (Phi) is 4.26. The Hall–Kier alpha value is -1.80. The molecule has 2 aromatic carbocycles. The van der Waals surface area contributed by atoms with E-state index in [2.05, 4.69) is 54.7 Å². The van der Waals surface area contributed by atoms with E-state index in [0.717, 1.165) is 31.6 Å². The molecule has 0 saturated carbocycles. The standard InChI is InChI=1S/C19H23NO/c1-14-6-3-4-7-15(14)10-11-18(20-2)17-9-5-8-16-12-13-21-19(16)17/h3-9,18,20H,10-13H2,1-2H3. The normalized spacial score (nSPS) is 14.6. The minimum atomic E-state index is 0.345. The summed E-state index contributed by atoms with van der Waals surface area (Å²) < 4.78 is 5.85. The first-order valence-electron chi connectivity index (χ1n) is 7.76. The van der Waals surface area contributed by atoms with E-state index in [1.54, 1.807) is 0 Å². The van der Waals surface area contributed by atoms with Crippen molar-refractivity contribution in [3.8, 4) is 5.75 Å². The van der Waals surface area contributed by atoms with Crippen LogP contribution in [0.1, 0.15) is 34.7 Å². The fourth-order valence-corrected chi connectivity index (χ4v) is 3.16. The maximum Gasteiger partial charge on any atom is 0.127 e. The van der Waals surface area contributed by atoms with E-state index in [0.29, 0.717) is 6.04 Å². The van der Waals surface area contributed by atoms with Gasteiger partial charge in [0.15, 0.2) is 0 Å². The molecule has 0 amide bonds. The molecule has 1 aliphatic rings. The Bertz CT molecular complexity index is 621. The van der Waals surface area contributed by atoms with Crippen molar-refractivity contribution in [3.05, 3.63) is 64.7 Å². The number of para-hydroxylation sites is 1. The largest absolute Gasteiger partial charge is 0.493 e. The average molecular weight is 281 g/mol. The van der Waals surface area contributed by atoms with Crippen LogP contribution in [0.25, 0.3) is 0 Å². The second-order valence-corrected chi connectivity index (χ2v) is 5.74. The monoisotopic (exact) mass is 281 g/mol. The van der Waals surface area contributed by atoms with E-state index >= 15 is 0 Å². The van der Waals surface area contributed by atoms with Gasteiger partial charge in [0, 0.05) is 18.0 Å². The van der Waals surface area contributed by atoms with Gasteiger partial charge in [0.1, 0.15) is 5.75 Å². The zero-order valence-electron chi connectivity index (χ0n) is 12.9. The molecule has 0 saturated heterocycles. The van der Waals surface area contributed by atoms with Crippen LogP contribution in [0.4, 0.5) is 0 Å². The summed E-state index contributed by atoms with van der Waals surface area (Å²) in [6.45, 7) is 3.01. The molecule has 2 heteroatoms. The zero-order chi connectivity index (χ0) is 14.7. The van der Waals surface area contributed by atoms with Gasteiger partial charge in [0.05, 0.1) is 6.61 Å². The lowest BCUT2D eigenvalue weighted by Gasteiger charge is -2.19. The SMILES string of the molecule is CNC(CCc1ccccc1C)c1cccc2c1OCC2. The summed E-state index contributed by atoms with van der Waals surface area (Å²) >= 11 is 0. The molecule has 2 aromatic rings. The molecule has 0 aliphatic carbocycles. The third-order valence-electron chi connectivity index (χ3n) is 4.43. The summed E-state index contributed by atoms with van der Waals surface area (Å²) in [5.41, 5.74) is 5.47. The van der Waals surface area contributed by atoms with Crippen LogP contribution < -0.4 is 10.1 Å². The molecular weight excluding hydrogens is 258 g/mol. The lowest BCUT2D eigenvalue weighted by molar-refractivity contribution is 0.348. The van der Waals surface area contributed by atoms with Crippen molar-refractivity contribution >= 4 is 0 Å². The smallest absolute Gasteiger partial charge is 0.127 e. The second kappa shape index (κ2) is 6.31. The molecule has 0 bridgehead atoms. The number of rotatable bonds is 5. The van der Waals surface area contributed by atoms with Gasteiger partial charge in [-0.05, 0) is 43.5 Å². The van der Waals surface area contributed by atoms with Crippen LogP contribution in [0.5, 0.6) is 5.75 Å². The molecule has 1 unspecified atom stereocenters. The van der Waals surface area contributed by atoms with Crippen LogP contribution in [0, 0.1) is 6.92 Å². The predicted octanol–water partition coefficient (Wildman–Crippen LogP) is 3.82. The lowest BCUT2D eigenvalue weighted by Crippen LogP contribution is -2.18. The maximum atomic E-state index is 5.85. The van der Waals surface area contributed by atoms with E-state index < -0.39 is 0 Å². The maximum absolute atomic E-state index is 5.85. The molecule has 21 heavy (non-hydrogen) atoms. The molecular formula is C19H23NO. The van der Waals surface area contributed by atoms with E-state index in [9.17, 15) is 0 Å². The van der Waals surface area contributed by atoms with E-state index in [1.807, 2.05) is 7.05 Å². The highest BCUT2D eigenvalue weighted by Crippen LogP contribution is 2.35. The van der Waals surface area contributed by atoms with Gasteiger partial charge in [-0.2, -0.15) is 0 Å². The highest BCUT2D eigenvalue weighted by atomic mass is 16.5. The number of hydrogen-bond donors (Lipinski definition) is 1. The lowest BCUT2D eigenvalue weighted by atomic mass is 9.95. The Morgan fingerprint density at radius 2 is 2.00 bits per heavy atom. The van der Waals surface area contributed by atoms with Gasteiger partial charge < -0.3 is 10.1 Å². The Balaban J connectivity index is 1.77. The van der Waals surface area contributed by atoms with Crippen molar-refractivity contribution in [1.82, 2.24) is 5.32 Å². The first-order valence-corrected chi connectivity index (χ1v) is 7.76. The van der Waals surface area contributed by atoms with Crippen LogP contribution in [-0.2, 0) is 12.8 Å². The van der Waals surface area contributed by atoms with Crippen LogP contribution in [-0.4, -0.2) is 13.7 Å². The fraction of sp³-hybridized carbons (Fsp3) is 0.368. The molecule has 3 rings (SSSR count). The summed E-state index contributed by atoms with van der Waals surface area (Å²) in [5.74, 6) is 1.11. The number of benzene rings is 2. The van der Waals surface area contributed by atoms with Crippen molar-refractivity contribution < 1.29 is 4.74 Å². The number of fused-ring (bicyclic) bond motifs is 1. The highest BCUT2D eigenvalue weighted by Gasteiger charge is 2.21. The molecule has 0 fully saturated rings. The third-order valence-corrected chi connectivity index (χ3v) is 4.43. The van der Waals surface area contributed by atoms with Crippen LogP contribution in [0.3, 0.4) is 0 Å². The average Bonchev–Trinajstić information content (AvgIpc) is 2.98. The molecule has 2 nitrogen and oxygen atoms in total. The van der Waals surface area contributed by atoms with Crippen molar-refractivity contribution in [2.24, 2.45) is 0 Å². The van der Waals surface area contributed by atoms with E-state index in [-0.39, 0.29) is 0 Å². The minimum absolute atomic E-state index is 0.345. The molecule has 1 aliphatic heterocycles. The summed E-state index contributed by atoms with van der Waals surface area (Å²) in [7, 11) is 2.04. The van der Waals surface area contributed by atoms with Crippen LogP contribution in [0.2, 0.25) is 0 Å². The minimum Gasteiger partial charge on any atom is -0.493 e. The fourth-order valence-electron chi connectivity index (χ4n) is 3.16. The van der Waals surface area contributed by atoms with E-state index in [4.69, 9.17) is 4.74 Å². The molecule has 0 spiro atoms. The quantitative estimate of drug-likeness (QED) is 0.899. The van der Waals surface area contributed by atoms with Crippen molar-refractivity contribution in [1.29, 1.82) is 0 Å². The first-order chi connectivity index (χ1) is 10.3. The van der Waals surface area contributed by atoms with Gasteiger partial charge in [0.2, 0.25) is 0 Å². The summed E-state index contributed by atoms with van der Waals surface area (Å²) in [6.07, 6.45) is 3.21. The van der Waals surface area contributed by atoms with Crippen LogP contribution >= 0.6 is 0 Å². The highest BCUT2D eigenvalue weighted by molar-refractivity contribution is 5.45. The Labute approximate surface area is 127 Å². The number of nitrogens with one attached hydrogen (secondary N) is 1. The van der Waals surface area contributed by atoms with Gasteiger partial charge in [0.25, 0.3) is 0 Å². The van der Waals surface area contributed by atoms with E-state index in [1.165, 1.54) is 22.3 Å². The van der Waals surface area contributed by atoms with Gasteiger partial charge >= 0.3 is 0 Å². The molecule has 1 heterocycles. The van der Waals surface area contributed by atoms with Crippen molar-refractivity contribution in [2.75, 3.05) is 13.7 Å². The van der Waals surface area contributed by atoms with Gasteiger partial charge in [-0.25, -0.2) is 0 Å². The number of aryl methyl sites for hydroxylation is 2. The molecule has 110 valence electrons. The number of ether oxygens (including phenoxy) is 1. The molecule has 0 aromatic heterocycles. The van der Waals surface area contributed by atoms with Crippen molar-refractivity contribution in [2.45, 2.75) is 32.2 Å². The van der Waals surface area contributed by atoms with Crippen molar-refractivity contribution in [3.63, 3.8) is 0 Å². The summed E-state index contributed by atoms with van der Waals surface area (Å²) in [5, 5.41) is 3.46. The zero-order valence-corrected chi connectivity index (χ0v) is 12.9. The Morgan fingerprint density at radius 3 is 2.81 bits per heavy atom. The van der Waals surface area contributed by atoms with Gasteiger partial charge in [-0.15, -0.1) is 0 Å². The number of hydrogen-bond acceptors (Lipinski definition) is 2. The molecule has 1 atom stereocenters. The predicted molar refractivity (Wildman–Crippen MR) is 86.9 cm³/mol. The van der Waals surface area contributed by atoms with Gasteiger partial charge in [-0.1, -0.05) is 42.5 Å². The Morgan fingerprint density at radius 1 is 1.14 bits per heavy atom. The molecule has 0 radical (unpaired) electrons. The van der Waals surface area contributed by atoms with Crippen LogP contribution in [0.15, 0.2) is 42.5 Å². The third kappa shape index (κ3) is 2.96. The van der Waals surface area contributed by atoms with Gasteiger partial charge in [-0.3, -0.25) is 0 Å². The first kappa shape index (κ1) is 14.2.